The number of rotatable bonds is 8. The first-order chi connectivity index (χ1) is 12.5. The SMILES string of the molecule is COc1ccc(OCC(=O)NCC2CCN(S(=O)(=O)C3CC3)CC2)cc1. The first-order valence-electron chi connectivity index (χ1n) is 9.01. The standard InChI is InChI=1S/C18H26N2O5S/c1-24-15-2-4-16(5-3-15)25-13-18(21)19-12-14-8-10-20(11-9-14)26(22,23)17-6-7-17/h2-5,14,17H,6-13H2,1H3,(H,19,21). The molecule has 0 bridgehead atoms. The normalized spacial score (nSPS) is 19.1. The monoisotopic (exact) mass is 382 g/mol. The Bertz CT molecular complexity index is 708. The number of nitrogens with zero attached hydrogens (tertiary/aromatic N) is 1. The molecule has 1 amide bonds. The second kappa shape index (κ2) is 8.26. The van der Waals surface area contributed by atoms with Gasteiger partial charge in [0.15, 0.2) is 6.61 Å². The van der Waals surface area contributed by atoms with Crippen molar-refractivity contribution in [1.82, 2.24) is 9.62 Å². The molecule has 1 heterocycles. The summed E-state index contributed by atoms with van der Waals surface area (Å²) in [5.74, 6) is 1.48. The maximum atomic E-state index is 12.2. The van der Waals surface area contributed by atoms with E-state index in [1.54, 1.807) is 35.7 Å². The topological polar surface area (TPSA) is 84.9 Å². The summed E-state index contributed by atoms with van der Waals surface area (Å²) in [7, 11) is -1.48. The summed E-state index contributed by atoms with van der Waals surface area (Å²) in [6.45, 7) is 1.63. The number of piperidine rings is 1. The molecule has 144 valence electrons. The van der Waals surface area contributed by atoms with Gasteiger partial charge in [-0.2, -0.15) is 0 Å². The zero-order valence-electron chi connectivity index (χ0n) is 15.0. The Morgan fingerprint density at radius 3 is 2.31 bits per heavy atom. The molecule has 1 aromatic carbocycles. The molecule has 1 saturated heterocycles. The van der Waals surface area contributed by atoms with E-state index in [0.29, 0.717) is 31.3 Å². The van der Waals surface area contributed by atoms with Gasteiger partial charge in [0.2, 0.25) is 10.0 Å². The summed E-state index contributed by atoms with van der Waals surface area (Å²) in [6, 6.07) is 7.05. The van der Waals surface area contributed by atoms with Gasteiger partial charge in [-0.15, -0.1) is 0 Å². The minimum Gasteiger partial charge on any atom is -0.497 e. The molecule has 0 spiro atoms. The molecule has 1 aliphatic carbocycles. The summed E-state index contributed by atoms with van der Waals surface area (Å²) < 4.78 is 36.6. The quantitative estimate of drug-likeness (QED) is 0.735. The van der Waals surface area contributed by atoms with Crippen LogP contribution < -0.4 is 14.8 Å². The maximum absolute atomic E-state index is 12.2. The molecule has 1 aromatic rings. The van der Waals surface area contributed by atoms with Crippen LogP contribution in [0, 0.1) is 5.92 Å². The molecule has 26 heavy (non-hydrogen) atoms. The van der Waals surface area contributed by atoms with Crippen LogP contribution in [0.15, 0.2) is 24.3 Å². The summed E-state index contributed by atoms with van der Waals surface area (Å²) in [5.41, 5.74) is 0. The van der Waals surface area contributed by atoms with Crippen LogP contribution >= 0.6 is 0 Å². The Kier molecular flexibility index (Phi) is 6.03. The predicted octanol–water partition coefficient (Wildman–Crippen LogP) is 1.39. The second-order valence-corrected chi connectivity index (χ2v) is 9.07. The van der Waals surface area contributed by atoms with Crippen LogP contribution in [0.3, 0.4) is 0 Å². The number of sulfonamides is 1. The molecule has 2 fully saturated rings. The predicted molar refractivity (Wildman–Crippen MR) is 97.7 cm³/mol. The molecule has 7 nitrogen and oxygen atoms in total. The molecule has 2 aliphatic rings. The lowest BCUT2D eigenvalue weighted by atomic mass is 9.98. The minimum absolute atomic E-state index is 0.0404. The van der Waals surface area contributed by atoms with E-state index in [-0.39, 0.29) is 17.8 Å². The molecule has 0 aromatic heterocycles. The number of carbonyl (C=O) groups is 1. The third-order valence-corrected chi connectivity index (χ3v) is 7.30. The molecule has 0 atom stereocenters. The van der Waals surface area contributed by atoms with E-state index in [4.69, 9.17) is 9.47 Å². The van der Waals surface area contributed by atoms with Gasteiger partial charge < -0.3 is 14.8 Å². The molecule has 1 aliphatic heterocycles. The maximum Gasteiger partial charge on any atom is 0.257 e. The number of ether oxygens (including phenoxy) is 2. The van der Waals surface area contributed by atoms with Crippen molar-refractivity contribution >= 4 is 15.9 Å². The van der Waals surface area contributed by atoms with Crippen molar-refractivity contribution < 1.29 is 22.7 Å². The van der Waals surface area contributed by atoms with Crippen LogP contribution in [-0.2, 0) is 14.8 Å². The van der Waals surface area contributed by atoms with Gasteiger partial charge >= 0.3 is 0 Å². The van der Waals surface area contributed by atoms with Crippen molar-refractivity contribution in [2.24, 2.45) is 5.92 Å². The fraction of sp³-hybridized carbons (Fsp3) is 0.611. The average molecular weight is 382 g/mol. The van der Waals surface area contributed by atoms with Crippen LogP contribution in [0.5, 0.6) is 11.5 Å². The van der Waals surface area contributed by atoms with Crippen molar-refractivity contribution in [3.05, 3.63) is 24.3 Å². The second-order valence-electron chi connectivity index (χ2n) is 6.86. The Balaban J connectivity index is 1.34. The lowest BCUT2D eigenvalue weighted by Gasteiger charge is -2.31. The third kappa shape index (κ3) is 4.88. The zero-order valence-corrected chi connectivity index (χ0v) is 15.8. The van der Waals surface area contributed by atoms with Gasteiger partial charge in [0.1, 0.15) is 11.5 Å². The summed E-state index contributed by atoms with van der Waals surface area (Å²) in [5, 5.41) is 2.73. The Morgan fingerprint density at radius 2 is 1.73 bits per heavy atom. The molecule has 1 N–H and O–H groups in total. The van der Waals surface area contributed by atoms with Crippen molar-refractivity contribution in [1.29, 1.82) is 0 Å². The molecule has 0 radical (unpaired) electrons. The van der Waals surface area contributed by atoms with Crippen molar-refractivity contribution in [2.45, 2.75) is 30.9 Å². The van der Waals surface area contributed by atoms with Crippen LogP contribution in [0.4, 0.5) is 0 Å². The van der Waals surface area contributed by atoms with E-state index in [9.17, 15) is 13.2 Å². The number of amides is 1. The van der Waals surface area contributed by atoms with Gasteiger partial charge in [-0.25, -0.2) is 12.7 Å². The first-order valence-corrected chi connectivity index (χ1v) is 10.5. The highest BCUT2D eigenvalue weighted by molar-refractivity contribution is 7.90. The molecule has 8 heteroatoms. The Hall–Kier alpha value is -1.80. The molecule has 1 saturated carbocycles. The lowest BCUT2D eigenvalue weighted by molar-refractivity contribution is -0.123. The summed E-state index contributed by atoms with van der Waals surface area (Å²) >= 11 is 0. The smallest absolute Gasteiger partial charge is 0.257 e. The van der Waals surface area contributed by atoms with Gasteiger partial charge in [-0.1, -0.05) is 0 Å². The zero-order chi connectivity index (χ0) is 18.6. The van der Waals surface area contributed by atoms with Crippen LogP contribution in [0.2, 0.25) is 0 Å². The fourth-order valence-electron chi connectivity index (χ4n) is 3.07. The van der Waals surface area contributed by atoms with Gasteiger partial charge in [-0.05, 0) is 55.9 Å². The van der Waals surface area contributed by atoms with Crippen LogP contribution in [0.25, 0.3) is 0 Å². The van der Waals surface area contributed by atoms with E-state index in [1.807, 2.05) is 0 Å². The van der Waals surface area contributed by atoms with E-state index in [0.717, 1.165) is 31.4 Å². The Morgan fingerprint density at radius 1 is 1.12 bits per heavy atom. The fourth-order valence-corrected chi connectivity index (χ4v) is 4.95. The number of hydrogen-bond donors (Lipinski definition) is 1. The highest BCUT2D eigenvalue weighted by atomic mass is 32.2. The third-order valence-electron chi connectivity index (χ3n) is 4.90. The van der Waals surface area contributed by atoms with E-state index in [2.05, 4.69) is 5.32 Å². The van der Waals surface area contributed by atoms with Crippen molar-refractivity contribution in [3.63, 3.8) is 0 Å². The van der Waals surface area contributed by atoms with Crippen molar-refractivity contribution in [3.8, 4) is 11.5 Å². The van der Waals surface area contributed by atoms with E-state index < -0.39 is 10.0 Å². The highest BCUT2D eigenvalue weighted by Crippen LogP contribution is 2.33. The average Bonchev–Trinajstić information content (AvgIpc) is 3.51. The minimum atomic E-state index is -3.07. The number of methoxy groups -OCH3 is 1. The largest absolute Gasteiger partial charge is 0.497 e. The van der Waals surface area contributed by atoms with Gasteiger partial charge in [0.25, 0.3) is 5.91 Å². The van der Waals surface area contributed by atoms with Gasteiger partial charge in [-0.3, -0.25) is 4.79 Å². The Labute approximate surface area is 154 Å². The summed E-state index contributed by atoms with van der Waals surface area (Å²) in [4.78, 5) is 11.9. The summed E-state index contributed by atoms with van der Waals surface area (Å²) in [6.07, 6.45) is 3.16. The van der Waals surface area contributed by atoms with Crippen LogP contribution in [-0.4, -0.2) is 57.2 Å². The van der Waals surface area contributed by atoms with Gasteiger partial charge in [0, 0.05) is 19.6 Å². The molecular formula is C18H26N2O5S. The number of hydrogen-bond acceptors (Lipinski definition) is 5. The van der Waals surface area contributed by atoms with Gasteiger partial charge in [0.05, 0.1) is 12.4 Å². The first kappa shape index (κ1) is 19.0. The van der Waals surface area contributed by atoms with Crippen LogP contribution in [0.1, 0.15) is 25.7 Å². The molecule has 0 unspecified atom stereocenters. The van der Waals surface area contributed by atoms with Crippen molar-refractivity contribution in [2.75, 3.05) is 33.4 Å². The number of nitrogens with one attached hydrogen (secondary N) is 1. The van der Waals surface area contributed by atoms with E-state index >= 15 is 0 Å². The molecule has 3 rings (SSSR count). The molecular weight excluding hydrogens is 356 g/mol. The van der Waals surface area contributed by atoms with E-state index in [1.165, 1.54) is 0 Å². The number of benzene rings is 1. The lowest BCUT2D eigenvalue weighted by Crippen LogP contribution is -2.43. The number of carbonyl (C=O) groups excluding carboxylic acids is 1. The highest BCUT2D eigenvalue weighted by Gasteiger charge is 2.41.